The van der Waals surface area contributed by atoms with Crippen molar-refractivity contribution in [2.24, 2.45) is 0 Å². The summed E-state index contributed by atoms with van der Waals surface area (Å²) in [4.78, 5) is 24.6. The predicted molar refractivity (Wildman–Crippen MR) is 370 cm³/mol. The molecule has 498 valence electrons. The molecule has 3 N–H and O–H groups in total. The van der Waals surface area contributed by atoms with Crippen molar-refractivity contribution in [1.82, 2.24) is 5.32 Å². The summed E-state index contributed by atoms with van der Waals surface area (Å²) in [5.41, 5.74) is 0. The lowest BCUT2D eigenvalue weighted by Gasteiger charge is -2.22. The molecule has 0 radical (unpaired) electrons. The first-order valence-corrected chi connectivity index (χ1v) is 38.6. The Hall–Kier alpha value is -1.66. The van der Waals surface area contributed by atoms with E-state index >= 15 is 0 Å². The molecule has 2 unspecified atom stereocenters. The summed E-state index contributed by atoms with van der Waals surface area (Å²) < 4.78 is 5.51. The van der Waals surface area contributed by atoms with Crippen LogP contribution in [0, 0.1) is 0 Å². The largest absolute Gasteiger partial charge is 0.466 e. The quantitative estimate of drug-likeness (QED) is 0.0320. The number of allylic oxidation sites excluding steroid dienone is 4. The van der Waals surface area contributed by atoms with Gasteiger partial charge in [0, 0.05) is 12.8 Å². The Morgan fingerprint density at radius 1 is 0.333 bits per heavy atom. The molecule has 0 aliphatic heterocycles. The topological polar surface area (TPSA) is 95.9 Å². The Bertz CT molecular complexity index is 1320. The molecule has 6 heteroatoms. The van der Waals surface area contributed by atoms with Crippen LogP contribution in [0.25, 0.3) is 0 Å². The molecule has 6 nitrogen and oxygen atoms in total. The smallest absolute Gasteiger partial charge is 0.305 e. The molecule has 0 aliphatic rings. The highest BCUT2D eigenvalue weighted by molar-refractivity contribution is 5.76. The molecular weight excluding hydrogens is 1030 g/mol. The number of nitrogens with one attached hydrogen (secondary N) is 1. The van der Waals surface area contributed by atoms with Gasteiger partial charge in [0.15, 0.2) is 0 Å². The zero-order valence-corrected chi connectivity index (χ0v) is 57.2. The number of hydrogen-bond donors (Lipinski definition) is 3. The van der Waals surface area contributed by atoms with Crippen LogP contribution >= 0.6 is 0 Å². The highest BCUT2D eigenvalue weighted by atomic mass is 16.5. The predicted octanol–water partition coefficient (Wildman–Crippen LogP) is 25.3. The Morgan fingerprint density at radius 3 is 0.917 bits per heavy atom. The summed E-state index contributed by atoms with van der Waals surface area (Å²) in [6.45, 7) is 4.97. The average Bonchev–Trinajstić information content (AvgIpc) is 3.54. The fourth-order valence-electron chi connectivity index (χ4n) is 12.4. The summed E-state index contributed by atoms with van der Waals surface area (Å²) in [5.74, 6) is -0.0106. The van der Waals surface area contributed by atoms with Gasteiger partial charge in [0.2, 0.25) is 5.91 Å². The normalized spacial score (nSPS) is 12.6. The minimum absolute atomic E-state index is 0.0160. The summed E-state index contributed by atoms with van der Waals surface area (Å²) in [7, 11) is 0. The Labute approximate surface area is 526 Å². The monoisotopic (exact) mass is 1180 g/mol. The van der Waals surface area contributed by atoms with Gasteiger partial charge in [0.05, 0.1) is 25.4 Å². The van der Waals surface area contributed by atoms with E-state index in [4.69, 9.17) is 4.74 Å². The first-order valence-electron chi connectivity index (χ1n) is 38.6. The lowest BCUT2D eigenvalue weighted by atomic mass is 10.0. The van der Waals surface area contributed by atoms with Crippen LogP contribution in [0.5, 0.6) is 0 Å². The van der Waals surface area contributed by atoms with Crippen LogP contribution in [0.15, 0.2) is 24.3 Å². The molecule has 2 atom stereocenters. The molecular formula is C78H151NO5. The highest BCUT2D eigenvalue weighted by Gasteiger charge is 2.20. The molecule has 0 aromatic carbocycles. The molecule has 1 amide bonds. The van der Waals surface area contributed by atoms with Crippen molar-refractivity contribution < 1.29 is 24.5 Å². The van der Waals surface area contributed by atoms with Gasteiger partial charge in [0.1, 0.15) is 0 Å². The van der Waals surface area contributed by atoms with Gasteiger partial charge < -0.3 is 20.3 Å². The van der Waals surface area contributed by atoms with Crippen LogP contribution in [0.3, 0.4) is 0 Å². The second kappa shape index (κ2) is 73.8. The SMILES string of the molecule is CCCCCC/C=C\C/C=C\CCCCCCCCCC(=O)OCCCCCCCCCCCCCCCCCCCCCCCCCCCCCCCCCCCCCC(=O)NC(CO)C(O)CCCCCCCCCCCCCCCC. The lowest BCUT2D eigenvalue weighted by Crippen LogP contribution is -2.45. The standard InChI is InChI=1S/C78H151NO5/c1-3-5-7-9-11-13-15-17-19-20-41-44-48-52-56-60-64-68-72-78(83)84-73-69-65-61-57-53-49-45-42-39-37-35-33-31-29-27-25-23-21-22-24-26-28-30-32-34-36-38-40-43-47-51-55-59-63-67-71-77(82)79-75(74-80)76(81)70-66-62-58-54-50-46-18-16-14-12-10-8-6-4-2/h13,15,19-20,75-76,80-81H,3-12,14,16-18,21-74H2,1-2H3,(H,79,82)/b15-13-,20-19-. The van der Waals surface area contributed by atoms with Gasteiger partial charge in [-0.05, 0) is 57.8 Å². The zero-order valence-electron chi connectivity index (χ0n) is 57.2. The van der Waals surface area contributed by atoms with Crippen LogP contribution in [0.1, 0.15) is 438 Å². The van der Waals surface area contributed by atoms with E-state index in [1.165, 1.54) is 353 Å². The maximum Gasteiger partial charge on any atom is 0.305 e. The van der Waals surface area contributed by atoms with Crippen molar-refractivity contribution in [2.75, 3.05) is 13.2 Å². The second-order valence-electron chi connectivity index (χ2n) is 26.7. The summed E-state index contributed by atoms with van der Waals surface area (Å²) >= 11 is 0. The van der Waals surface area contributed by atoms with Gasteiger partial charge in [-0.25, -0.2) is 0 Å². The van der Waals surface area contributed by atoms with E-state index in [0.29, 0.717) is 25.9 Å². The van der Waals surface area contributed by atoms with Gasteiger partial charge in [-0.2, -0.15) is 0 Å². The summed E-state index contributed by atoms with van der Waals surface area (Å²) in [5, 5.41) is 23.3. The van der Waals surface area contributed by atoms with E-state index in [2.05, 4.69) is 43.5 Å². The fraction of sp³-hybridized carbons (Fsp3) is 0.923. The molecule has 0 rings (SSSR count). The Balaban J connectivity index is 3.29. The molecule has 0 aromatic heterocycles. The van der Waals surface area contributed by atoms with Gasteiger partial charge in [-0.3, -0.25) is 9.59 Å². The van der Waals surface area contributed by atoms with Gasteiger partial charge in [0.25, 0.3) is 0 Å². The summed E-state index contributed by atoms with van der Waals surface area (Å²) in [6.07, 6.45) is 94.1. The van der Waals surface area contributed by atoms with E-state index in [9.17, 15) is 19.8 Å². The molecule has 0 saturated heterocycles. The van der Waals surface area contributed by atoms with Crippen molar-refractivity contribution in [3.8, 4) is 0 Å². The van der Waals surface area contributed by atoms with Crippen LogP contribution in [-0.2, 0) is 14.3 Å². The number of esters is 1. The number of amides is 1. The number of ether oxygens (including phenoxy) is 1. The van der Waals surface area contributed by atoms with Crippen molar-refractivity contribution in [2.45, 2.75) is 450 Å². The maximum atomic E-state index is 12.5. The number of aliphatic hydroxyl groups excluding tert-OH is 2. The Morgan fingerprint density at radius 2 is 0.595 bits per heavy atom. The van der Waals surface area contributed by atoms with Gasteiger partial charge >= 0.3 is 5.97 Å². The summed E-state index contributed by atoms with van der Waals surface area (Å²) in [6, 6.07) is -0.536. The molecule has 0 fully saturated rings. The third kappa shape index (κ3) is 69.4. The van der Waals surface area contributed by atoms with E-state index in [1.807, 2.05) is 0 Å². The number of carbonyl (C=O) groups excluding carboxylic acids is 2. The second-order valence-corrected chi connectivity index (χ2v) is 26.7. The average molecular weight is 1180 g/mol. The molecule has 0 aromatic rings. The molecule has 0 spiro atoms. The number of rotatable bonds is 73. The van der Waals surface area contributed by atoms with Crippen LogP contribution in [0.2, 0.25) is 0 Å². The van der Waals surface area contributed by atoms with Crippen LogP contribution in [0.4, 0.5) is 0 Å². The first kappa shape index (κ1) is 82.3. The molecule has 84 heavy (non-hydrogen) atoms. The van der Waals surface area contributed by atoms with Crippen molar-refractivity contribution in [1.29, 1.82) is 0 Å². The number of aliphatic hydroxyl groups is 2. The molecule has 0 heterocycles. The van der Waals surface area contributed by atoms with Crippen molar-refractivity contribution in [3.05, 3.63) is 24.3 Å². The third-order valence-corrected chi connectivity index (χ3v) is 18.3. The van der Waals surface area contributed by atoms with Crippen molar-refractivity contribution in [3.63, 3.8) is 0 Å². The third-order valence-electron chi connectivity index (χ3n) is 18.3. The first-order chi connectivity index (χ1) is 41.5. The minimum atomic E-state index is -0.660. The minimum Gasteiger partial charge on any atom is -0.466 e. The fourth-order valence-corrected chi connectivity index (χ4v) is 12.4. The molecule has 0 aliphatic carbocycles. The number of unbranched alkanes of at least 4 members (excludes halogenated alkanes) is 58. The van der Waals surface area contributed by atoms with Crippen molar-refractivity contribution >= 4 is 11.9 Å². The lowest BCUT2D eigenvalue weighted by molar-refractivity contribution is -0.143. The number of hydrogen-bond acceptors (Lipinski definition) is 5. The highest BCUT2D eigenvalue weighted by Crippen LogP contribution is 2.20. The van der Waals surface area contributed by atoms with Crippen LogP contribution < -0.4 is 5.32 Å². The van der Waals surface area contributed by atoms with Crippen LogP contribution in [-0.4, -0.2) is 47.4 Å². The molecule has 0 bridgehead atoms. The molecule has 0 saturated carbocycles. The van der Waals surface area contributed by atoms with Gasteiger partial charge in [-0.15, -0.1) is 0 Å². The van der Waals surface area contributed by atoms with E-state index in [-0.39, 0.29) is 18.5 Å². The maximum absolute atomic E-state index is 12.5. The number of carbonyl (C=O) groups is 2. The van der Waals surface area contributed by atoms with E-state index < -0.39 is 12.1 Å². The van der Waals surface area contributed by atoms with E-state index in [1.54, 1.807) is 0 Å². The van der Waals surface area contributed by atoms with Gasteiger partial charge in [-0.1, -0.05) is 391 Å². The zero-order chi connectivity index (χ0) is 60.6. The Kier molecular flexibility index (Phi) is 72.3. The van der Waals surface area contributed by atoms with E-state index in [0.717, 1.165) is 51.4 Å².